The molecule has 0 unspecified atom stereocenters. The fourth-order valence-corrected chi connectivity index (χ4v) is 11.0. The van der Waals surface area contributed by atoms with Gasteiger partial charge < -0.3 is 34.9 Å². The summed E-state index contributed by atoms with van der Waals surface area (Å²) >= 11 is 0. The summed E-state index contributed by atoms with van der Waals surface area (Å²) in [7, 11) is 2.88. The Morgan fingerprint density at radius 2 is 1.33 bits per heavy atom. The molecule has 314 valence electrons. The molecule has 0 radical (unpaired) electrons. The van der Waals surface area contributed by atoms with E-state index in [0.29, 0.717) is 24.3 Å². The molecule has 2 saturated heterocycles. The van der Waals surface area contributed by atoms with E-state index in [2.05, 4.69) is 102 Å². The van der Waals surface area contributed by atoms with E-state index in [1.54, 1.807) is 7.11 Å². The first kappa shape index (κ1) is 39.8. The van der Waals surface area contributed by atoms with Gasteiger partial charge in [-0.05, 0) is 121 Å². The monoisotopic (exact) mass is 811 g/mol. The molecule has 12 nitrogen and oxygen atoms in total. The number of alkyl carbamates (subject to hydrolysis) is 1. The summed E-state index contributed by atoms with van der Waals surface area (Å²) in [6.45, 7) is 13.3. The number of fused-ring (bicyclic) bond motifs is 6. The predicted molar refractivity (Wildman–Crippen MR) is 232 cm³/mol. The number of aliphatic imine (C=N–C) groups is 1. The van der Waals surface area contributed by atoms with Crippen molar-refractivity contribution in [1.82, 2.24) is 30.4 Å². The molecule has 3 amide bonds. The molecule has 6 atom stereocenters. The van der Waals surface area contributed by atoms with Crippen LogP contribution in [-0.4, -0.2) is 88.3 Å². The fourth-order valence-electron chi connectivity index (χ4n) is 11.0. The van der Waals surface area contributed by atoms with Gasteiger partial charge in [-0.3, -0.25) is 14.6 Å². The molecule has 9 rings (SSSR count). The van der Waals surface area contributed by atoms with Crippen LogP contribution in [0.1, 0.15) is 77.6 Å². The number of likely N-dealkylation sites (tertiary alicyclic amines) is 2. The number of aromatic amines is 1. The Bertz CT molecular complexity index is 2400. The van der Waals surface area contributed by atoms with Crippen molar-refractivity contribution in [3.63, 3.8) is 0 Å². The number of imidazole rings is 1. The molecule has 3 N–H and O–H groups in total. The fraction of sp³-hybridized carbons (Fsp3) is 0.479. The molecule has 3 aliphatic heterocycles. The van der Waals surface area contributed by atoms with Gasteiger partial charge in [0.15, 0.2) is 5.88 Å². The highest BCUT2D eigenvalue weighted by Gasteiger charge is 2.58. The lowest BCUT2D eigenvalue weighted by molar-refractivity contribution is -0.140. The van der Waals surface area contributed by atoms with Crippen LogP contribution in [0.15, 0.2) is 78.1 Å². The van der Waals surface area contributed by atoms with Crippen LogP contribution in [0.4, 0.5) is 10.5 Å². The van der Waals surface area contributed by atoms with Crippen LogP contribution < -0.4 is 10.6 Å². The van der Waals surface area contributed by atoms with Gasteiger partial charge in [-0.2, -0.15) is 0 Å². The average molecular weight is 812 g/mol. The zero-order valence-electron chi connectivity index (χ0n) is 35.6. The maximum Gasteiger partial charge on any atom is 0.407 e. The molecular formula is C48H57N7O5. The molecule has 60 heavy (non-hydrogen) atoms. The zero-order chi connectivity index (χ0) is 42.1. The highest BCUT2D eigenvalue weighted by Crippen LogP contribution is 2.53. The quantitative estimate of drug-likeness (QED) is 0.124. The van der Waals surface area contributed by atoms with Crippen molar-refractivity contribution >= 4 is 40.3 Å². The molecule has 0 spiro atoms. The van der Waals surface area contributed by atoms with Crippen LogP contribution in [0.5, 0.6) is 0 Å². The highest BCUT2D eigenvalue weighted by atomic mass is 16.5. The Morgan fingerprint density at radius 1 is 0.767 bits per heavy atom. The number of aromatic nitrogens is 2. The van der Waals surface area contributed by atoms with Gasteiger partial charge in [-0.25, -0.2) is 9.78 Å². The number of hydrogen-bond donors (Lipinski definition) is 3. The van der Waals surface area contributed by atoms with Gasteiger partial charge in [0.25, 0.3) is 0 Å². The summed E-state index contributed by atoms with van der Waals surface area (Å²) in [5, 5.41) is 6.01. The minimum atomic E-state index is -0.682. The topological polar surface area (TPSA) is 141 Å². The van der Waals surface area contributed by atoms with Crippen molar-refractivity contribution in [2.45, 2.75) is 95.8 Å². The molecular weight excluding hydrogens is 755 g/mol. The number of rotatable bonds is 12. The third-order valence-electron chi connectivity index (χ3n) is 14.2. The number of hydrogen-bond acceptors (Lipinski definition) is 8. The zero-order valence-corrected chi connectivity index (χ0v) is 35.6. The number of methoxy groups -OCH3 is 2. The molecule has 4 aromatic rings. The summed E-state index contributed by atoms with van der Waals surface area (Å²) in [6, 6.07) is 20.4. The van der Waals surface area contributed by atoms with Crippen LogP contribution in [0, 0.1) is 23.7 Å². The highest BCUT2D eigenvalue weighted by molar-refractivity contribution is 6.04. The smallest absolute Gasteiger partial charge is 0.407 e. The van der Waals surface area contributed by atoms with Crippen LogP contribution in [0.2, 0.25) is 0 Å². The first-order valence-corrected chi connectivity index (χ1v) is 21.6. The van der Waals surface area contributed by atoms with Crippen molar-refractivity contribution < 1.29 is 23.9 Å². The standard InChI is InChI=1S/C48H57N7O5/c1-27(2)41(49-29(5)59-6)43(56)54-25-30-16-18-47(54,23-30)40-22-36-20-34(12-14-37(36)50-40)32-8-10-33(11-9-32)35-13-15-38-39(21-35)52-45(51-38)48-19-17-31(24-48)26-55(48)44(57)42(28(3)4)53-46(58)60-7/h8-15,20-21,27-28,30-31,41-42,49H,5,16-19,22-26H2,1-4,6-7H3,(H,51,52)(H,53,58)/t30-,31-,41+,42+,47+,48+/m1/s1. The van der Waals surface area contributed by atoms with Crippen LogP contribution in [0.3, 0.4) is 0 Å². The Morgan fingerprint density at radius 3 is 1.93 bits per heavy atom. The van der Waals surface area contributed by atoms with Crippen molar-refractivity contribution in [3.8, 4) is 22.3 Å². The summed E-state index contributed by atoms with van der Waals surface area (Å²) in [5.41, 5.74) is 8.65. The van der Waals surface area contributed by atoms with E-state index >= 15 is 0 Å². The van der Waals surface area contributed by atoms with Crippen LogP contribution >= 0.6 is 0 Å². The number of nitrogens with zero attached hydrogens (tertiary/aromatic N) is 4. The number of ether oxygens (including phenoxy) is 2. The number of carbonyl (C=O) groups is 3. The van der Waals surface area contributed by atoms with Gasteiger partial charge in [0.05, 0.1) is 36.5 Å². The van der Waals surface area contributed by atoms with Crippen LogP contribution in [0.25, 0.3) is 33.3 Å². The summed E-state index contributed by atoms with van der Waals surface area (Å²) in [6.07, 6.45) is 5.90. The molecule has 4 bridgehead atoms. The van der Waals surface area contributed by atoms with E-state index < -0.39 is 23.7 Å². The lowest BCUT2D eigenvalue weighted by atomic mass is 9.86. The second-order valence-corrected chi connectivity index (χ2v) is 18.5. The minimum Gasteiger partial charge on any atom is -0.483 e. The third kappa shape index (κ3) is 6.62. The molecule has 4 fully saturated rings. The van der Waals surface area contributed by atoms with E-state index in [1.807, 2.05) is 18.7 Å². The van der Waals surface area contributed by atoms with Crippen molar-refractivity contribution in [2.24, 2.45) is 28.7 Å². The number of nitrogens with one attached hydrogen (secondary N) is 3. The molecule has 2 aliphatic carbocycles. The van der Waals surface area contributed by atoms with Gasteiger partial charge >= 0.3 is 6.09 Å². The lowest BCUT2D eigenvalue weighted by Crippen LogP contribution is -2.59. The first-order valence-electron chi connectivity index (χ1n) is 21.6. The summed E-state index contributed by atoms with van der Waals surface area (Å²) in [5.74, 6) is 2.09. The van der Waals surface area contributed by atoms with Crippen molar-refractivity contribution in [3.05, 3.63) is 84.5 Å². The number of amides is 3. The number of carbonyl (C=O) groups excluding carboxylic acids is 3. The Balaban J connectivity index is 0.916. The van der Waals surface area contributed by atoms with Gasteiger partial charge in [-0.15, -0.1) is 0 Å². The van der Waals surface area contributed by atoms with Gasteiger partial charge in [-0.1, -0.05) is 64.1 Å². The molecule has 1 aromatic heterocycles. The summed E-state index contributed by atoms with van der Waals surface area (Å²) < 4.78 is 10.1. The van der Waals surface area contributed by atoms with Crippen LogP contribution in [-0.2, 0) is 31.0 Å². The van der Waals surface area contributed by atoms with E-state index in [0.717, 1.165) is 102 Å². The predicted octanol–water partition coefficient (Wildman–Crippen LogP) is 7.86. The molecule has 2 saturated carbocycles. The van der Waals surface area contributed by atoms with Gasteiger partial charge in [0.2, 0.25) is 11.8 Å². The summed E-state index contributed by atoms with van der Waals surface area (Å²) in [4.78, 5) is 58.4. The Labute approximate surface area is 352 Å². The van der Waals surface area contributed by atoms with E-state index in [1.165, 1.54) is 12.7 Å². The largest absolute Gasteiger partial charge is 0.483 e. The van der Waals surface area contributed by atoms with Crippen molar-refractivity contribution in [2.75, 3.05) is 27.3 Å². The average Bonchev–Trinajstić information content (AvgIpc) is 4.12. The molecule has 5 aliphatic rings. The third-order valence-corrected chi connectivity index (χ3v) is 14.2. The molecule has 4 heterocycles. The Hall–Kier alpha value is -5.65. The maximum atomic E-state index is 14.2. The number of benzene rings is 3. The molecule has 3 aromatic carbocycles. The van der Waals surface area contributed by atoms with E-state index in [9.17, 15) is 14.4 Å². The van der Waals surface area contributed by atoms with E-state index in [4.69, 9.17) is 19.5 Å². The number of H-pyrrole nitrogens is 1. The van der Waals surface area contributed by atoms with Gasteiger partial charge in [0.1, 0.15) is 23.4 Å². The van der Waals surface area contributed by atoms with Gasteiger partial charge in [0, 0.05) is 25.2 Å². The SMILES string of the molecule is C=C(N[C@H](C(=O)N1C[C@@H]2CC[C@@]1(C1=Nc3ccc(-c4ccc(-c5ccc6nc([C@@]78CC[C@@H](CN7C(=O)[C@@H](NC(=O)OC)C(C)C)C8)[nH]c6c5)cc4)cc3C1)C2)C(C)C)OC. The second kappa shape index (κ2) is 15.1. The molecule has 12 heteroatoms. The van der Waals surface area contributed by atoms with E-state index in [-0.39, 0.29) is 29.2 Å². The first-order chi connectivity index (χ1) is 28.8. The van der Waals surface area contributed by atoms with Crippen molar-refractivity contribution in [1.29, 1.82) is 0 Å². The maximum absolute atomic E-state index is 14.2. The number of piperidine rings is 2. The normalized spacial score (nSPS) is 24.8. The lowest BCUT2D eigenvalue weighted by Gasteiger charge is -2.41. The minimum absolute atomic E-state index is 0.0720. The Kier molecular flexibility index (Phi) is 10.0. The second-order valence-electron chi connectivity index (χ2n) is 18.5.